The Hall–Kier alpha value is -4.72. The fraction of sp³-hybridized carbons (Fsp3) is 0.219. The molecule has 8 heteroatoms. The lowest BCUT2D eigenvalue weighted by molar-refractivity contribution is -0.139. The van der Waals surface area contributed by atoms with Crippen LogP contribution in [0.3, 0.4) is 0 Å². The number of ether oxygens (including phenoxy) is 1. The number of carbonyl (C=O) groups is 2. The van der Waals surface area contributed by atoms with Crippen molar-refractivity contribution in [1.29, 1.82) is 0 Å². The van der Waals surface area contributed by atoms with Crippen molar-refractivity contribution in [2.45, 2.75) is 39.2 Å². The zero-order chi connectivity index (χ0) is 28.5. The van der Waals surface area contributed by atoms with Gasteiger partial charge in [0.05, 0.1) is 12.3 Å². The average Bonchev–Trinajstić information content (AvgIpc) is 3.33. The van der Waals surface area contributed by atoms with E-state index in [0.29, 0.717) is 53.7 Å². The summed E-state index contributed by atoms with van der Waals surface area (Å²) in [5, 5.41) is 12.8. The highest BCUT2D eigenvalue weighted by atomic mass is 19.1. The van der Waals surface area contributed by atoms with E-state index in [9.17, 15) is 19.1 Å². The molecule has 0 spiro atoms. The number of nitrogens with zero attached hydrogens (tertiary/aromatic N) is 1. The quantitative estimate of drug-likeness (QED) is 0.154. The highest BCUT2D eigenvalue weighted by molar-refractivity contribution is 6.04. The standard InChI is InChI=1S/C32H31FN2O5/c1-3-26(20-30(36)23-7-5-4-6-8-23)34-29(32(37)38)19-22-9-15-27(16-10-22)39-18-17-28-21(2)40-31(35-28)24-11-13-25(33)14-12-24/h4-16,20,29,34H,3,17-19H2,1-2H3,(H,37,38)/t29-/m0/s1. The molecule has 1 aromatic heterocycles. The predicted molar refractivity (Wildman–Crippen MR) is 150 cm³/mol. The maximum Gasteiger partial charge on any atom is 0.326 e. The van der Waals surface area contributed by atoms with Crippen LogP contribution in [-0.2, 0) is 17.6 Å². The van der Waals surface area contributed by atoms with Crippen molar-refractivity contribution in [3.8, 4) is 17.2 Å². The number of hydrogen-bond donors (Lipinski definition) is 2. The molecule has 4 rings (SSSR count). The van der Waals surface area contributed by atoms with Crippen LogP contribution in [0.2, 0.25) is 0 Å². The number of ketones is 1. The molecule has 0 aliphatic carbocycles. The fourth-order valence-corrected chi connectivity index (χ4v) is 4.11. The van der Waals surface area contributed by atoms with E-state index in [1.807, 2.05) is 32.0 Å². The van der Waals surface area contributed by atoms with E-state index in [-0.39, 0.29) is 18.0 Å². The van der Waals surface area contributed by atoms with Crippen molar-refractivity contribution < 1.29 is 28.2 Å². The van der Waals surface area contributed by atoms with E-state index in [1.165, 1.54) is 18.2 Å². The molecule has 4 aromatic rings. The molecule has 0 radical (unpaired) electrons. The van der Waals surface area contributed by atoms with E-state index < -0.39 is 12.0 Å². The lowest BCUT2D eigenvalue weighted by Crippen LogP contribution is -2.38. The molecule has 1 heterocycles. The molecule has 0 aliphatic rings. The van der Waals surface area contributed by atoms with E-state index in [1.54, 1.807) is 48.5 Å². The molecule has 40 heavy (non-hydrogen) atoms. The van der Waals surface area contributed by atoms with Crippen LogP contribution in [0, 0.1) is 12.7 Å². The first-order valence-corrected chi connectivity index (χ1v) is 13.1. The number of allylic oxidation sites excluding steroid dienone is 2. The van der Waals surface area contributed by atoms with Crippen molar-refractivity contribution in [3.05, 3.63) is 119 Å². The number of aliphatic carboxylic acids is 1. The Balaban J connectivity index is 1.32. The largest absolute Gasteiger partial charge is 0.493 e. The Morgan fingerprint density at radius 1 is 1.05 bits per heavy atom. The van der Waals surface area contributed by atoms with Gasteiger partial charge in [0.25, 0.3) is 0 Å². The average molecular weight is 543 g/mol. The third-order valence-corrected chi connectivity index (χ3v) is 6.36. The lowest BCUT2D eigenvalue weighted by Gasteiger charge is -2.18. The molecule has 0 aliphatic heterocycles. The zero-order valence-corrected chi connectivity index (χ0v) is 22.4. The summed E-state index contributed by atoms with van der Waals surface area (Å²) in [4.78, 5) is 29.0. The third kappa shape index (κ3) is 7.66. The number of hydrogen-bond acceptors (Lipinski definition) is 6. The number of benzene rings is 3. The molecule has 0 amide bonds. The number of carboxylic acids is 1. The smallest absolute Gasteiger partial charge is 0.326 e. The highest BCUT2D eigenvalue weighted by Crippen LogP contribution is 2.23. The molecule has 1 atom stereocenters. The molecule has 0 bridgehead atoms. The SMILES string of the molecule is CCC(=CC(=O)c1ccccc1)N[C@@H](Cc1ccc(OCCc2nc(-c3ccc(F)cc3)oc2C)cc1)C(=O)O. The number of aromatic nitrogens is 1. The van der Waals surface area contributed by atoms with Crippen LogP contribution in [0.5, 0.6) is 5.75 Å². The van der Waals surface area contributed by atoms with Gasteiger partial charge in [-0.05, 0) is 55.3 Å². The zero-order valence-electron chi connectivity index (χ0n) is 22.4. The molecule has 0 fully saturated rings. The maximum absolute atomic E-state index is 13.2. The predicted octanol–water partition coefficient (Wildman–Crippen LogP) is 6.17. The van der Waals surface area contributed by atoms with E-state index in [2.05, 4.69) is 10.3 Å². The molecular weight excluding hydrogens is 511 g/mol. The van der Waals surface area contributed by atoms with Gasteiger partial charge in [-0.25, -0.2) is 14.2 Å². The Kier molecular flexibility index (Phi) is 9.46. The van der Waals surface area contributed by atoms with Gasteiger partial charge in [0.1, 0.15) is 23.4 Å². The third-order valence-electron chi connectivity index (χ3n) is 6.36. The minimum atomic E-state index is -1.00. The Bertz CT molecular complexity index is 1460. The summed E-state index contributed by atoms with van der Waals surface area (Å²) in [5.41, 5.74) is 3.38. The summed E-state index contributed by atoms with van der Waals surface area (Å²) >= 11 is 0. The molecule has 0 unspecified atom stereocenters. The van der Waals surface area contributed by atoms with Gasteiger partial charge in [0.15, 0.2) is 5.78 Å². The van der Waals surface area contributed by atoms with Gasteiger partial charge in [0.2, 0.25) is 5.89 Å². The van der Waals surface area contributed by atoms with Crippen molar-refractivity contribution >= 4 is 11.8 Å². The first kappa shape index (κ1) is 28.3. The summed E-state index contributed by atoms with van der Waals surface area (Å²) in [6.07, 6.45) is 2.71. The number of oxazole rings is 1. The van der Waals surface area contributed by atoms with Crippen LogP contribution in [0.1, 0.15) is 40.7 Å². The van der Waals surface area contributed by atoms with Gasteiger partial charge in [-0.1, -0.05) is 49.4 Å². The van der Waals surface area contributed by atoms with E-state index in [4.69, 9.17) is 9.15 Å². The van der Waals surface area contributed by atoms with Crippen LogP contribution in [-0.4, -0.2) is 34.5 Å². The minimum Gasteiger partial charge on any atom is -0.493 e. The van der Waals surface area contributed by atoms with Crippen LogP contribution < -0.4 is 10.1 Å². The molecule has 3 aromatic carbocycles. The normalized spacial score (nSPS) is 12.1. The van der Waals surface area contributed by atoms with E-state index in [0.717, 1.165) is 11.3 Å². The summed E-state index contributed by atoms with van der Waals surface area (Å²) < 4.78 is 24.8. The van der Waals surface area contributed by atoms with Gasteiger partial charge in [0, 0.05) is 35.7 Å². The first-order chi connectivity index (χ1) is 19.3. The topological polar surface area (TPSA) is 102 Å². The number of rotatable bonds is 13. The fourth-order valence-electron chi connectivity index (χ4n) is 4.11. The molecule has 7 nitrogen and oxygen atoms in total. The number of carbonyl (C=O) groups excluding carboxylic acids is 1. The van der Waals surface area contributed by atoms with Gasteiger partial charge in [-0.3, -0.25) is 4.79 Å². The molecule has 0 saturated carbocycles. The molecule has 2 N–H and O–H groups in total. The van der Waals surface area contributed by atoms with Gasteiger partial charge < -0.3 is 19.6 Å². The number of aryl methyl sites for hydroxylation is 1. The Labute approximate surface area is 232 Å². The number of carboxylic acid groups (broad SMARTS) is 1. The van der Waals surface area contributed by atoms with Crippen molar-refractivity contribution in [3.63, 3.8) is 0 Å². The van der Waals surface area contributed by atoms with Crippen LogP contribution in [0.4, 0.5) is 4.39 Å². The minimum absolute atomic E-state index is 0.178. The maximum atomic E-state index is 13.2. The van der Waals surface area contributed by atoms with Gasteiger partial charge >= 0.3 is 5.97 Å². The van der Waals surface area contributed by atoms with Crippen LogP contribution in [0.25, 0.3) is 11.5 Å². The second-order valence-electron chi connectivity index (χ2n) is 9.26. The first-order valence-electron chi connectivity index (χ1n) is 13.1. The lowest BCUT2D eigenvalue weighted by atomic mass is 10.0. The highest BCUT2D eigenvalue weighted by Gasteiger charge is 2.19. The summed E-state index contributed by atoms with van der Waals surface area (Å²) in [6.45, 7) is 4.06. The second-order valence-corrected chi connectivity index (χ2v) is 9.26. The van der Waals surface area contributed by atoms with E-state index >= 15 is 0 Å². The van der Waals surface area contributed by atoms with Gasteiger partial charge in [-0.15, -0.1) is 0 Å². The van der Waals surface area contributed by atoms with Crippen molar-refractivity contribution in [2.75, 3.05) is 6.61 Å². The van der Waals surface area contributed by atoms with Crippen molar-refractivity contribution in [1.82, 2.24) is 10.3 Å². The molecule has 206 valence electrons. The van der Waals surface area contributed by atoms with Crippen LogP contribution >= 0.6 is 0 Å². The second kappa shape index (κ2) is 13.4. The monoisotopic (exact) mass is 542 g/mol. The Morgan fingerprint density at radius 3 is 2.40 bits per heavy atom. The summed E-state index contributed by atoms with van der Waals surface area (Å²) in [6, 6.07) is 21.2. The molecule has 0 saturated heterocycles. The molecular formula is C32H31FN2O5. The summed E-state index contributed by atoms with van der Waals surface area (Å²) in [7, 11) is 0. The Morgan fingerprint density at radius 2 is 1.75 bits per heavy atom. The number of nitrogens with one attached hydrogen (secondary N) is 1. The van der Waals surface area contributed by atoms with Crippen molar-refractivity contribution in [2.24, 2.45) is 0 Å². The van der Waals surface area contributed by atoms with Gasteiger partial charge in [-0.2, -0.15) is 0 Å². The summed E-state index contributed by atoms with van der Waals surface area (Å²) in [5.74, 6) is 0.253. The number of halogens is 1. The van der Waals surface area contributed by atoms with Crippen LogP contribution in [0.15, 0.2) is 95.1 Å².